The van der Waals surface area contributed by atoms with Crippen molar-refractivity contribution in [1.29, 1.82) is 0 Å². The van der Waals surface area contributed by atoms with E-state index in [2.05, 4.69) is 15.3 Å². The summed E-state index contributed by atoms with van der Waals surface area (Å²) in [4.78, 5) is 8.27. The Hall–Kier alpha value is -2.52. The van der Waals surface area contributed by atoms with E-state index in [-0.39, 0.29) is 10.8 Å². The van der Waals surface area contributed by atoms with Crippen LogP contribution in [0, 0.1) is 5.82 Å². The maximum Gasteiger partial charge on any atom is 0.146 e. The lowest BCUT2D eigenvalue weighted by atomic mass is 9.91. The van der Waals surface area contributed by atoms with Crippen molar-refractivity contribution < 1.29 is 14.6 Å². The largest absolute Gasteiger partial charge is 0.388 e. The fraction of sp³-hybridized carbons (Fsp3) is 0.364. The number of hydrogen-bond acceptors (Lipinski definition) is 6. The first-order valence-electron chi connectivity index (χ1n) is 10.3. The van der Waals surface area contributed by atoms with Crippen LogP contribution in [-0.2, 0) is 19.4 Å². The van der Waals surface area contributed by atoms with Gasteiger partial charge in [0, 0.05) is 12.7 Å². The highest BCUT2D eigenvalue weighted by Crippen LogP contribution is 2.36. The second-order valence-electron chi connectivity index (χ2n) is 8.10. The van der Waals surface area contributed by atoms with Gasteiger partial charge in [0.05, 0.1) is 16.5 Å². The average molecular weight is 444 g/mol. The van der Waals surface area contributed by atoms with Crippen LogP contribution in [0.1, 0.15) is 29.2 Å². The lowest BCUT2D eigenvalue weighted by Crippen LogP contribution is -2.29. The molecule has 162 valence electrons. The third kappa shape index (κ3) is 3.40. The number of aromatic nitrogens is 3. The number of nitrogen functional groups attached to an aromatic ring is 1. The predicted molar refractivity (Wildman–Crippen MR) is 116 cm³/mol. The predicted octanol–water partition coefficient (Wildman–Crippen LogP) is 2.29. The van der Waals surface area contributed by atoms with Crippen LogP contribution in [0.25, 0.3) is 11.0 Å². The first-order chi connectivity index (χ1) is 15.0. The minimum atomic E-state index is -1.01. The number of anilines is 1. The summed E-state index contributed by atoms with van der Waals surface area (Å²) in [5, 5.41) is 25.5. The van der Waals surface area contributed by atoms with Gasteiger partial charge >= 0.3 is 0 Å². The third-order valence-corrected chi connectivity index (χ3v) is 6.64. The molecular weight excluding hydrogens is 421 g/mol. The molecule has 2 aliphatic rings. The second-order valence-corrected chi connectivity index (χ2v) is 8.51. The van der Waals surface area contributed by atoms with Crippen LogP contribution in [-0.4, -0.2) is 43.5 Å². The van der Waals surface area contributed by atoms with Gasteiger partial charge in [-0.25, -0.2) is 14.4 Å². The summed E-state index contributed by atoms with van der Waals surface area (Å²) in [5.74, 6) is 0.0332. The van der Waals surface area contributed by atoms with E-state index >= 15 is 0 Å². The minimum absolute atomic E-state index is 0.130. The standard InChI is InChI=1S/C22H23ClFN5O2/c23-16-7-11(15-9-26-5-3-13(15)18(16)24)1-2-12-8-17(20(31)19(12)30)29-6-4-14-21(25)27-10-28-22(14)29/h4,6-8,10,17,19-20,26,30-31H,1-3,5,9H2,(H2,25,27,28). The lowest BCUT2D eigenvalue weighted by Gasteiger charge is -2.22. The molecule has 0 amide bonds. The molecule has 1 aliphatic carbocycles. The van der Waals surface area contributed by atoms with E-state index in [4.69, 9.17) is 17.3 Å². The Morgan fingerprint density at radius 3 is 2.94 bits per heavy atom. The Morgan fingerprint density at radius 1 is 1.26 bits per heavy atom. The molecule has 5 rings (SSSR count). The van der Waals surface area contributed by atoms with Crippen LogP contribution < -0.4 is 11.1 Å². The minimum Gasteiger partial charge on any atom is -0.388 e. The van der Waals surface area contributed by atoms with Gasteiger partial charge in [0.15, 0.2) is 0 Å². The number of nitrogens with one attached hydrogen (secondary N) is 1. The van der Waals surface area contributed by atoms with Gasteiger partial charge in [-0.05, 0) is 60.2 Å². The third-order valence-electron chi connectivity index (χ3n) is 6.36. The van der Waals surface area contributed by atoms with Gasteiger partial charge < -0.3 is 25.8 Å². The number of fused-ring (bicyclic) bond motifs is 2. The molecule has 3 heterocycles. The molecule has 0 saturated carbocycles. The Bertz CT molecular complexity index is 1190. The fourth-order valence-electron chi connectivity index (χ4n) is 4.71. The van der Waals surface area contributed by atoms with Gasteiger partial charge in [0.2, 0.25) is 0 Å². The number of aryl methyl sites for hydroxylation is 1. The molecule has 3 atom stereocenters. The van der Waals surface area contributed by atoms with Crippen LogP contribution in [0.15, 0.2) is 36.3 Å². The van der Waals surface area contributed by atoms with Gasteiger partial charge in [-0.2, -0.15) is 0 Å². The molecule has 3 aromatic rings. The van der Waals surface area contributed by atoms with Crippen molar-refractivity contribution in [3.63, 3.8) is 0 Å². The smallest absolute Gasteiger partial charge is 0.146 e. The average Bonchev–Trinajstić information content (AvgIpc) is 3.32. The van der Waals surface area contributed by atoms with E-state index in [1.807, 2.05) is 6.08 Å². The summed E-state index contributed by atoms with van der Waals surface area (Å²) in [6, 6.07) is 3.01. The number of nitrogens with two attached hydrogens (primary N) is 1. The van der Waals surface area contributed by atoms with Crippen molar-refractivity contribution >= 4 is 28.5 Å². The van der Waals surface area contributed by atoms with Crippen LogP contribution in [0.5, 0.6) is 0 Å². The number of benzene rings is 1. The van der Waals surface area contributed by atoms with E-state index in [9.17, 15) is 14.6 Å². The molecule has 0 fully saturated rings. The zero-order valence-electron chi connectivity index (χ0n) is 16.7. The van der Waals surface area contributed by atoms with Crippen molar-refractivity contribution in [2.45, 2.75) is 44.1 Å². The molecule has 1 aromatic carbocycles. The van der Waals surface area contributed by atoms with Crippen LogP contribution in [0.4, 0.5) is 10.2 Å². The summed E-state index contributed by atoms with van der Waals surface area (Å²) >= 11 is 6.13. The number of nitrogens with zero attached hydrogens (tertiary/aromatic N) is 3. The van der Waals surface area contributed by atoms with Gasteiger partial charge in [-0.15, -0.1) is 0 Å². The van der Waals surface area contributed by atoms with Gasteiger partial charge in [-0.1, -0.05) is 17.7 Å². The highest BCUT2D eigenvalue weighted by Gasteiger charge is 2.36. The molecule has 0 saturated heterocycles. The first kappa shape index (κ1) is 20.4. The maximum absolute atomic E-state index is 14.4. The van der Waals surface area contributed by atoms with Gasteiger partial charge in [0.1, 0.15) is 35.8 Å². The van der Waals surface area contributed by atoms with E-state index < -0.39 is 18.2 Å². The Balaban J connectivity index is 1.43. The van der Waals surface area contributed by atoms with Crippen molar-refractivity contribution in [3.05, 3.63) is 63.8 Å². The van der Waals surface area contributed by atoms with E-state index in [0.29, 0.717) is 48.2 Å². The quantitative estimate of drug-likeness (QED) is 0.461. The van der Waals surface area contributed by atoms with Crippen molar-refractivity contribution in [1.82, 2.24) is 19.9 Å². The van der Waals surface area contributed by atoms with Crippen LogP contribution in [0.3, 0.4) is 0 Å². The SMILES string of the molecule is Nc1ncnc2c1ccn2C1C=C(CCc2cc(Cl)c(F)c3c2CNCC3)C(O)C1O. The Labute approximate surface area is 183 Å². The van der Waals surface area contributed by atoms with Crippen molar-refractivity contribution in [3.8, 4) is 0 Å². The zero-order chi connectivity index (χ0) is 21.7. The maximum atomic E-state index is 14.4. The van der Waals surface area contributed by atoms with Crippen molar-refractivity contribution in [2.24, 2.45) is 0 Å². The number of aliphatic hydroxyl groups excluding tert-OH is 2. The molecule has 7 nitrogen and oxygen atoms in total. The molecule has 3 unspecified atom stereocenters. The lowest BCUT2D eigenvalue weighted by molar-refractivity contribution is 0.0317. The highest BCUT2D eigenvalue weighted by molar-refractivity contribution is 6.30. The zero-order valence-corrected chi connectivity index (χ0v) is 17.5. The van der Waals surface area contributed by atoms with E-state index in [0.717, 1.165) is 23.2 Å². The number of rotatable bonds is 4. The summed E-state index contributed by atoms with van der Waals surface area (Å²) < 4.78 is 16.2. The second kappa shape index (κ2) is 7.87. The van der Waals surface area contributed by atoms with Gasteiger partial charge in [-0.3, -0.25) is 0 Å². The Kier molecular flexibility index (Phi) is 5.18. The first-order valence-corrected chi connectivity index (χ1v) is 10.7. The summed E-state index contributed by atoms with van der Waals surface area (Å²) in [7, 11) is 0. The van der Waals surface area contributed by atoms with E-state index in [1.165, 1.54) is 6.33 Å². The molecule has 2 aromatic heterocycles. The monoisotopic (exact) mass is 443 g/mol. The molecule has 5 N–H and O–H groups in total. The molecule has 0 spiro atoms. The van der Waals surface area contributed by atoms with Crippen LogP contribution >= 0.6 is 11.6 Å². The number of halogens is 2. The molecule has 1 aliphatic heterocycles. The summed E-state index contributed by atoms with van der Waals surface area (Å²) in [6.07, 6.45) is 4.77. The van der Waals surface area contributed by atoms with Gasteiger partial charge in [0.25, 0.3) is 0 Å². The number of hydrogen-bond donors (Lipinski definition) is 4. The fourth-order valence-corrected chi connectivity index (χ4v) is 4.96. The number of aliphatic hydroxyl groups is 2. The van der Waals surface area contributed by atoms with E-state index in [1.54, 1.807) is 22.9 Å². The molecular formula is C22H23ClFN5O2. The summed E-state index contributed by atoms with van der Waals surface area (Å²) in [6.45, 7) is 1.32. The normalized spacial score (nSPS) is 23.2. The van der Waals surface area contributed by atoms with Crippen LogP contribution in [0.2, 0.25) is 5.02 Å². The molecule has 0 radical (unpaired) electrons. The molecule has 31 heavy (non-hydrogen) atoms. The molecule has 9 heteroatoms. The highest BCUT2D eigenvalue weighted by atomic mass is 35.5. The Morgan fingerprint density at radius 2 is 2.10 bits per heavy atom. The topological polar surface area (TPSA) is 109 Å². The molecule has 0 bridgehead atoms. The van der Waals surface area contributed by atoms with Crippen molar-refractivity contribution in [2.75, 3.05) is 12.3 Å². The summed E-state index contributed by atoms with van der Waals surface area (Å²) in [5.41, 5.74) is 9.84.